The first-order valence-electron chi connectivity index (χ1n) is 8.75. The number of sulfone groups is 1. The molecule has 1 aromatic heterocycles. The lowest BCUT2D eigenvalue weighted by Crippen LogP contribution is -2.31. The molecule has 3 aromatic rings. The summed E-state index contributed by atoms with van der Waals surface area (Å²) in [5.74, 6) is -0.404. The first-order valence-corrected chi connectivity index (χ1v) is 10.6. The highest BCUT2D eigenvalue weighted by Gasteiger charge is 2.31. The number of carbonyl (C=O) groups is 1. The summed E-state index contributed by atoms with van der Waals surface area (Å²) in [6, 6.07) is 15.0. The van der Waals surface area contributed by atoms with Crippen molar-refractivity contribution in [1.29, 1.82) is 0 Å². The van der Waals surface area contributed by atoms with Crippen LogP contribution in [0.4, 0.5) is 19.0 Å². The second-order valence-corrected chi connectivity index (χ2v) is 8.59. The van der Waals surface area contributed by atoms with Crippen LogP contribution in [-0.2, 0) is 22.6 Å². The molecule has 0 N–H and O–H groups in total. The molecule has 0 aliphatic carbocycles. The van der Waals surface area contributed by atoms with Crippen molar-refractivity contribution in [3.05, 3.63) is 89.6 Å². The zero-order valence-corrected chi connectivity index (χ0v) is 16.6. The van der Waals surface area contributed by atoms with Gasteiger partial charge in [-0.1, -0.05) is 24.3 Å². The number of halogens is 3. The van der Waals surface area contributed by atoms with E-state index in [1.165, 1.54) is 35.4 Å². The first kappa shape index (κ1) is 21.5. The van der Waals surface area contributed by atoms with Crippen LogP contribution in [0.1, 0.15) is 21.5 Å². The van der Waals surface area contributed by atoms with Crippen LogP contribution >= 0.6 is 0 Å². The number of alkyl halides is 3. The van der Waals surface area contributed by atoms with Crippen molar-refractivity contribution in [3.63, 3.8) is 0 Å². The number of carbonyl (C=O) groups excluding carboxylic acids is 1. The fourth-order valence-electron chi connectivity index (χ4n) is 2.78. The van der Waals surface area contributed by atoms with Gasteiger partial charge in [0, 0.05) is 18.0 Å². The number of hydrogen-bond donors (Lipinski definition) is 0. The van der Waals surface area contributed by atoms with Crippen molar-refractivity contribution in [2.24, 2.45) is 0 Å². The van der Waals surface area contributed by atoms with E-state index in [1.807, 2.05) is 0 Å². The van der Waals surface area contributed by atoms with Gasteiger partial charge >= 0.3 is 6.18 Å². The number of aromatic nitrogens is 1. The average Bonchev–Trinajstić information content (AvgIpc) is 2.71. The maximum absolute atomic E-state index is 13.1. The van der Waals surface area contributed by atoms with Crippen molar-refractivity contribution < 1.29 is 26.4 Å². The van der Waals surface area contributed by atoms with Gasteiger partial charge in [-0.25, -0.2) is 13.4 Å². The monoisotopic (exact) mass is 434 g/mol. The van der Waals surface area contributed by atoms with E-state index in [-0.39, 0.29) is 22.8 Å². The summed E-state index contributed by atoms with van der Waals surface area (Å²) >= 11 is 0. The van der Waals surface area contributed by atoms with E-state index in [1.54, 1.807) is 30.3 Å². The molecule has 2 aromatic carbocycles. The van der Waals surface area contributed by atoms with Gasteiger partial charge in [0.25, 0.3) is 5.91 Å². The molecule has 0 aliphatic rings. The van der Waals surface area contributed by atoms with E-state index in [9.17, 15) is 26.4 Å². The molecule has 5 nitrogen and oxygen atoms in total. The summed E-state index contributed by atoms with van der Waals surface area (Å²) in [5, 5.41) is 0. The minimum atomic E-state index is -4.58. The molecule has 3 rings (SSSR count). The number of anilines is 1. The molecule has 1 heterocycles. The van der Waals surface area contributed by atoms with Crippen LogP contribution in [-0.4, -0.2) is 25.6 Å². The summed E-state index contributed by atoms with van der Waals surface area (Å²) in [4.78, 5) is 18.6. The molecule has 1 amide bonds. The van der Waals surface area contributed by atoms with Crippen molar-refractivity contribution in [2.75, 3.05) is 11.2 Å². The number of hydrogen-bond acceptors (Lipinski definition) is 4. The second kappa shape index (κ2) is 8.27. The summed E-state index contributed by atoms with van der Waals surface area (Å²) in [6.07, 6.45) is -2.03. The highest BCUT2D eigenvalue weighted by atomic mass is 32.2. The molecule has 0 fully saturated rings. The predicted molar refractivity (Wildman–Crippen MR) is 106 cm³/mol. The number of nitrogens with zero attached hydrogens (tertiary/aromatic N) is 2. The van der Waals surface area contributed by atoms with E-state index in [4.69, 9.17) is 0 Å². The van der Waals surface area contributed by atoms with Crippen LogP contribution in [0.5, 0.6) is 0 Å². The number of benzene rings is 2. The summed E-state index contributed by atoms with van der Waals surface area (Å²) < 4.78 is 62.4. The van der Waals surface area contributed by atoms with E-state index in [0.29, 0.717) is 5.56 Å². The lowest BCUT2D eigenvalue weighted by atomic mass is 10.1. The minimum absolute atomic E-state index is 0.00384. The Morgan fingerprint density at radius 1 is 1.00 bits per heavy atom. The van der Waals surface area contributed by atoms with Gasteiger partial charge in [-0.2, -0.15) is 13.2 Å². The zero-order chi connectivity index (χ0) is 21.9. The number of pyridine rings is 1. The Balaban J connectivity index is 1.97. The summed E-state index contributed by atoms with van der Waals surface area (Å²) in [7, 11) is -3.38. The predicted octanol–water partition coefficient (Wildman–Crippen LogP) is 4.35. The standard InChI is InChI=1S/C21H17F3N2O3S/c1-30(28,29)18-10-8-15(9-11-18)14-26(19-7-2-3-12-25-19)20(27)16-5-4-6-17(13-16)21(22,23)24/h2-13H,14H2,1H3. The molecule has 0 spiro atoms. The fraction of sp³-hybridized carbons (Fsp3) is 0.143. The maximum atomic E-state index is 13.1. The molecule has 0 unspecified atom stereocenters. The topological polar surface area (TPSA) is 67.3 Å². The van der Waals surface area contributed by atoms with Crippen LogP contribution in [0.2, 0.25) is 0 Å². The van der Waals surface area contributed by atoms with Gasteiger partial charge in [-0.15, -0.1) is 0 Å². The summed E-state index contributed by atoms with van der Waals surface area (Å²) in [5.41, 5.74) is -0.469. The van der Waals surface area contributed by atoms with Gasteiger partial charge < -0.3 is 0 Å². The van der Waals surface area contributed by atoms with Gasteiger partial charge in [0.05, 0.1) is 17.0 Å². The average molecular weight is 434 g/mol. The number of rotatable bonds is 5. The molecule has 156 valence electrons. The van der Waals surface area contributed by atoms with Crippen LogP contribution in [0.15, 0.2) is 77.8 Å². The second-order valence-electron chi connectivity index (χ2n) is 6.57. The van der Waals surface area contributed by atoms with E-state index >= 15 is 0 Å². The molecule has 30 heavy (non-hydrogen) atoms. The van der Waals surface area contributed by atoms with Gasteiger partial charge in [-0.3, -0.25) is 9.69 Å². The molecular formula is C21H17F3N2O3S. The van der Waals surface area contributed by atoms with Crippen molar-refractivity contribution in [2.45, 2.75) is 17.6 Å². The Bertz CT molecular complexity index is 1150. The van der Waals surface area contributed by atoms with Crippen molar-refractivity contribution in [1.82, 2.24) is 4.98 Å². The normalized spacial score (nSPS) is 11.9. The SMILES string of the molecule is CS(=O)(=O)c1ccc(CN(C(=O)c2cccc(C(F)(F)F)c2)c2ccccn2)cc1. The quantitative estimate of drug-likeness (QED) is 0.599. The lowest BCUT2D eigenvalue weighted by Gasteiger charge is -2.22. The zero-order valence-electron chi connectivity index (χ0n) is 15.8. The summed E-state index contributed by atoms with van der Waals surface area (Å²) in [6.45, 7) is -0.00384. The third-order valence-electron chi connectivity index (χ3n) is 4.30. The van der Waals surface area contributed by atoms with Gasteiger partial charge in [0.1, 0.15) is 5.82 Å². The molecule has 0 saturated heterocycles. The van der Waals surface area contributed by atoms with Crippen LogP contribution in [0, 0.1) is 0 Å². The highest BCUT2D eigenvalue weighted by molar-refractivity contribution is 7.90. The Morgan fingerprint density at radius 2 is 1.70 bits per heavy atom. The van der Waals surface area contributed by atoms with E-state index in [0.717, 1.165) is 18.4 Å². The van der Waals surface area contributed by atoms with Crippen molar-refractivity contribution in [3.8, 4) is 0 Å². The largest absolute Gasteiger partial charge is 0.416 e. The van der Waals surface area contributed by atoms with Crippen LogP contribution in [0.3, 0.4) is 0 Å². The highest BCUT2D eigenvalue weighted by Crippen LogP contribution is 2.30. The van der Waals surface area contributed by atoms with Gasteiger partial charge in [-0.05, 0) is 48.0 Å². The molecule has 0 saturated carbocycles. The van der Waals surface area contributed by atoms with E-state index < -0.39 is 27.5 Å². The lowest BCUT2D eigenvalue weighted by molar-refractivity contribution is -0.137. The molecule has 9 heteroatoms. The Labute approximate surface area is 171 Å². The Hall–Kier alpha value is -3.20. The molecule has 0 aliphatic heterocycles. The van der Waals surface area contributed by atoms with Crippen molar-refractivity contribution >= 4 is 21.6 Å². The third-order valence-corrected chi connectivity index (χ3v) is 5.43. The van der Waals surface area contributed by atoms with Crippen LogP contribution in [0.25, 0.3) is 0 Å². The number of amides is 1. The van der Waals surface area contributed by atoms with Crippen LogP contribution < -0.4 is 4.90 Å². The van der Waals surface area contributed by atoms with E-state index in [2.05, 4.69) is 4.98 Å². The first-order chi connectivity index (χ1) is 14.1. The third kappa shape index (κ3) is 5.04. The van der Waals surface area contributed by atoms with Gasteiger partial charge in [0.15, 0.2) is 9.84 Å². The maximum Gasteiger partial charge on any atom is 0.416 e. The minimum Gasteiger partial charge on any atom is -0.288 e. The fourth-order valence-corrected chi connectivity index (χ4v) is 3.41. The smallest absolute Gasteiger partial charge is 0.288 e. The molecule has 0 radical (unpaired) electrons. The molecule has 0 atom stereocenters. The Kier molecular flexibility index (Phi) is 5.93. The van der Waals surface area contributed by atoms with Gasteiger partial charge in [0.2, 0.25) is 0 Å². The molecular weight excluding hydrogens is 417 g/mol. The molecule has 0 bridgehead atoms. The Morgan fingerprint density at radius 3 is 2.27 bits per heavy atom.